The Morgan fingerprint density at radius 3 is 2.55 bits per heavy atom. The fourth-order valence-corrected chi connectivity index (χ4v) is 5.31. The van der Waals surface area contributed by atoms with E-state index in [2.05, 4.69) is 30.6 Å². The van der Waals surface area contributed by atoms with Gasteiger partial charge >= 0.3 is 0 Å². The summed E-state index contributed by atoms with van der Waals surface area (Å²) in [5, 5.41) is 6.13. The number of benzene rings is 2. The number of imidazole rings is 1. The van der Waals surface area contributed by atoms with E-state index in [0.717, 1.165) is 22.5 Å². The van der Waals surface area contributed by atoms with Crippen LogP contribution in [0.25, 0.3) is 11.0 Å². The molecule has 0 atom stereocenters. The van der Waals surface area contributed by atoms with E-state index in [0.29, 0.717) is 58.8 Å². The highest BCUT2D eigenvalue weighted by Crippen LogP contribution is 2.35. The maximum absolute atomic E-state index is 12.8. The number of rotatable bonds is 13. The molecule has 0 bridgehead atoms. The number of carbonyl (C=O) groups excluding carboxylic acids is 2. The van der Waals surface area contributed by atoms with Crippen LogP contribution in [0.4, 0.5) is 11.5 Å². The Bertz CT molecular complexity index is 1910. The Labute approximate surface area is 282 Å². The summed E-state index contributed by atoms with van der Waals surface area (Å²) in [6.07, 6.45) is 4.80. The lowest BCUT2D eigenvalue weighted by molar-refractivity contribution is -0.115. The number of ether oxygens (including phenoxy) is 2. The monoisotopic (exact) mass is 673 g/mol. The number of aliphatic imine (C=N–C) groups is 1. The second-order valence-corrected chi connectivity index (χ2v) is 11.4. The second kappa shape index (κ2) is 15.5. The van der Waals surface area contributed by atoms with Crippen molar-refractivity contribution in [1.82, 2.24) is 19.5 Å². The van der Waals surface area contributed by atoms with Gasteiger partial charge in [0.2, 0.25) is 11.8 Å². The molecule has 242 valence electrons. The highest BCUT2D eigenvalue weighted by molar-refractivity contribution is 6.38. The zero-order valence-electron chi connectivity index (χ0n) is 26.1. The van der Waals surface area contributed by atoms with Gasteiger partial charge in [-0.1, -0.05) is 41.4 Å². The summed E-state index contributed by atoms with van der Waals surface area (Å²) in [4.78, 5) is 41.7. The summed E-state index contributed by atoms with van der Waals surface area (Å²) in [6.45, 7) is 3.74. The molecule has 3 heterocycles. The third-order valence-electron chi connectivity index (χ3n) is 7.16. The molecule has 3 aromatic heterocycles. The summed E-state index contributed by atoms with van der Waals surface area (Å²) in [5.41, 5.74) is 5.01. The lowest BCUT2D eigenvalue weighted by atomic mass is 10.1. The van der Waals surface area contributed by atoms with Gasteiger partial charge in [-0.3, -0.25) is 24.1 Å². The Morgan fingerprint density at radius 2 is 1.83 bits per heavy atom. The van der Waals surface area contributed by atoms with Crippen molar-refractivity contribution in [2.45, 2.75) is 39.8 Å². The van der Waals surface area contributed by atoms with Crippen molar-refractivity contribution >= 4 is 63.3 Å². The fraction of sp³-hybridized carbons (Fsp3) is 0.235. The molecule has 47 heavy (non-hydrogen) atoms. The smallest absolute Gasteiger partial charge is 0.297 e. The first-order chi connectivity index (χ1) is 22.7. The van der Waals surface area contributed by atoms with E-state index in [-0.39, 0.29) is 30.0 Å². The van der Waals surface area contributed by atoms with E-state index >= 15 is 0 Å². The third kappa shape index (κ3) is 8.63. The molecule has 0 aliphatic heterocycles. The number of nitrogens with one attached hydrogen (secondary N) is 2. The lowest BCUT2D eigenvalue weighted by Gasteiger charge is -2.14. The zero-order chi connectivity index (χ0) is 33.3. The van der Waals surface area contributed by atoms with Crippen LogP contribution in [0.2, 0.25) is 10.0 Å². The maximum Gasteiger partial charge on any atom is 0.297 e. The molecule has 5 rings (SSSR count). The molecule has 2 N–H and O–H groups in total. The Balaban J connectivity index is 1.21. The van der Waals surface area contributed by atoms with Crippen molar-refractivity contribution in [3.05, 3.63) is 99.9 Å². The molecule has 0 spiro atoms. The Morgan fingerprint density at radius 1 is 0.979 bits per heavy atom. The molecule has 0 saturated heterocycles. The molecular weight excluding hydrogens is 641 g/mol. The van der Waals surface area contributed by atoms with Crippen molar-refractivity contribution in [2.75, 3.05) is 24.3 Å². The first-order valence-electron chi connectivity index (χ1n) is 14.8. The number of hydrogen-bond acceptors (Lipinski definition) is 8. The van der Waals surface area contributed by atoms with Gasteiger partial charge in [-0.2, -0.15) is 4.98 Å². The van der Waals surface area contributed by atoms with Gasteiger partial charge in [-0.05, 0) is 67.8 Å². The summed E-state index contributed by atoms with van der Waals surface area (Å²) < 4.78 is 13.7. The van der Waals surface area contributed by atoms with Gasteiger partial charge in [0.25, 0.3) is 6.01 Å². The number of aryl methyl sites for hydroxylation is 1. The number of fused-ring (bicyclic) bond motifs is 1. The van der Waals surface area contributed by atoms with E-state index < -0.39 is 0 Å². The predicted octanol–water partition coefficient (Wildman–Crippen LogP) is 6.76. The molecule has 0 unspecified atom stereocenters. The number of pyridine rings is 2. The molecule has 0 aliphatic rings. The average Bonchev–Trinajstić information content (AvgIpc) is 3.42. The maximum atomic E-state index is 12.8. The standard InChI is InChI=1S/C34H33Cl2N7O4/c1-21(10-11-23-12-15-30(39-17-23)40-22(2)44)38-18-31(45)41-27-14-13-26(35)25(32(27)36)20-47-29-9-6-8-28-33(29)42-34(46-3)43(28)19-24-7-4-5-16-37-24/h4-9,12-17H,10-11,18-20H2,1-3H3,(H,41,45)(H,39,40,44). The van der Waals surface area contributed by atoms with Gasteiger partial charge in [0.1, 0.15) is 30.2 Å². The number of amides is 2. The molecule has 0 radical (unpaired) electrons. The number of methoxy groups -OCH3 is 1. The third-order valence-corrected chi connectivity index (χ3v) is 7.95. The fourth-order valence-electron chi connectivity index (χ4n) is 4.78. The van der Waals surface area contributed by atoms with Crippen LogP contribution in [0.3, 0.4) is 0 Å². The van der Waals surface area contributed by atoms with Crippen molar-refractivity contribution < 1.29 is 19.1 Å². The van der Waals surface area contributed by atoms with Crippen LogP contribution < -0.4 is 20.1 Å². The van der Waals surface area contributed by atoms with Crippen LogP contribution in [0.5, 0.6) is 11.8 Å². The van der Waals surface area contributed by atoms with Crippen molar-refractivity contribution in [1.29, 1.82) is 0 Å². The van der Waals surface area contributed by atoms with Gasteiger partial charge in [-0.15, -0.1) is 0 Å². The van der Waals surface area contributed by atoms with Gasteiger partial charge in [0.05, 0.1) is 35.6 Å². The SMILES string of the molecule is COc1nc2c(OCc3c(Cl)ccc(NC(=O)CN=C(C)CCc4ccc(NC(C)=O)nc4)c3Cl)cccc2n1Cc1ccccn1. The van der Waals surface area contributed by atoms with Crippen LogP contribution >= 0.6 is 23.2 Å². The van der Waals surface area contributed by atoms with E-state index in [9.17, 15) is 9.59 Å². The van der Waals surface area contributed by atoms with Crippen molar-refractivity contribution in [3.8, 4) is 11.8 Å². The topological polar surface area (TPSA) is 133 Å². The molecule has 11 nitrogen and oxygen atoms in total. The van der Waals surface area contributed by atoms with E-state index in [1.165, 1.54) is 6.92 Å². The van der Waals surface area contributed by atoms with Gasteiger partial charge in [0.15, 0.2) is 0 Å². The van der Waals surface area contributed by atoms with Crippen molar-refractivity contribution in [3.63, 3.8) is 0 Å². The number of carbonyl (C=O) groups is 2. The molecule has 5 aromatic rings. The summed E-state index contributed by atoms with van der Waals surface area (Å²) in [6, 6.07) is 18.7. The number of halogens is 2. The molecule has 2 amide bonds. The lowest BCUT2D eigenvalue weighted by Crippen LogP contribution is -2.16. The van der Waals surface area contributed by atoms with Crippen molar-refractivity contribution in [2.24, 2.45) is 4.99 Å². The minimum atomic E-state index is -0.322. The normalized spacial score (nSPS) is 11.4. The molecular formula is C34H33Cl2N7O4. The Kier molecular flexibility index (Phi) is 11.0. The minimum absolute atomic E-state index is 0.0355. The average molecular weight is 675 g/mol. The highest BCUT2D eigenvalue weighted by atomic mass is 35.5. The first-order valence-corrected chi connectivity index (χ1v) is 15.5. The minimum Gasteiger partial charge on any atom is -0.486 e. The van der Waals surface area contributed by atoms with Crippen LogP contribution in [0.1, 0.15) is 37.1 Å². The van der Waals surface area contributed by atoms with Crippen LogP contribution in [-0.2, 0) is 29.2 Å². The van der Waals surface area contributed by atoms with Crippen LogP contribution in [-0.4, -0.2) is 50.7 Å². The van der Waals surface area contributed by atoms with Gasteiger partial charge < -0.3 is 20.1 Å². The zero-order valence-corrected chi connectivity index (χ0v) is 27.6. The predicted molar refractivity (Wildman–Crippen MR) is 184 cm³/mol. The molecule has 0 fully saturated rings. The summed E-state index contributed by atoms with van der Waals surface area (Å²) >= 11 is 13.2. The molecule has 2 aromatic carbocycles. The number of hydrogen-bond donors (Lipinski definition) is 2. The van der Waals surface area contributed by atoms with Gasteiger partial charge in [-0.25, -0.2) is 4.98 Å². The Hall–Kier alpha value is -5.00. The van der Waals surface area contributed by atoms with E-state index in [1.807, 2.05) is 54.0 Å². The number of para-hydroxylation sites is 1. The molecule has 0 saturated carbocycles. The quantitative estimate of drug-likeness (QED) is 0.132. The summed E-state index contributed by atoms with van der Waals surface area (Å²) in [5.74, 6) is 0.525. The van der Waals surface area contributed by atoms with E-state index in [4.69, 9.17) is 32.7 Å². The van der Waals surface area contributed by atoms with Crippen LogP contribution in [0.15, 0.2) is 78.0 Å². The highest BCUT2D eigenvalue weighted by Gasteiger charge is 2.18. The molecule has 0 aliphatic carbocycles. The summed E-state index contributed by atoms with van der Waals surface area (Å²) in [7, 11) is 1.57. The second-order valence-electron chi connectivity index (χ2n) is 10.6. The molecule has 13 heteroatoms. The van der Waals surface area contributed by atoms with Gasteiger partial charge in [0, 0.05) is 35.6 Å². The first kappa shape index (κ1) is 33.4. The van der Waals surface area contributed by atoms with Crippen LogP contribution in [0, 0.1) is 0 Å². The number of aromatic nitrogens is 4. The van der Waals surface area contributed by atoms with E-state index in [1.54, 1.807) is 37.7 Å². The largest absolute Gasteiger partial charge is 0.486 e. The number of anilines is 2. The number of nitrogens with zero attached hydrogens (tertiary/aromatic N) is 5.